The molecule has 1 aromatic carbocycles. The smallest absolute Gasteiger partial charge is 0.388 e. The highest BCUT2D eigenvalue weighted by Crippen LogP contribution is 2.27. The van der Waals surface area contributed by atoms with E-state index in [4.69, 9.17) is 0 Å². The van der Waals surface area contributed by atoms with E-state index >= 15 is 0 Å². The monoisotopic (exact) mass is 330 g/mol. The van der Waals surface area contributed by atoms with Crippen molar-refractivity contribution in [2.45, 2.75) is 50.9 Å². The summed E-state index contributed by atoms with van der Waals surface area (Å²) in [7, 11) is 0. The van der Waals surface area contributed by atoms with Gasteiger partial charge >= 0.3 is 12.2 Å². The first kappa shape index (κ1) is 17.6. The molecule has 0 saturated carbocycles. The van der Waals surface area contributed by atoms with Gasteiger partial charge in [-0.1, -0.05) is 12.1 Å². The van der Waals surface area contributed by atoms with E-state index in [-0.39, 0.29) is 17.6 Å². The molecule has 0 bridgehead atoms. The lowest BCUT2D eigenvalue weighted by atomic mass is 9.97. The van der Waals surface area contributed by atoms with E-state index in [9.17, 15) is 23.1 Å². The van der Waals surface area contributed by atoms with Gasteiger partial charge in [-0.05, 0) is 44.4 Å². The zero-order chi connectivity index (χ0) is 17.3. The molecule has 1 saturated heterocycles. The van der Waals surface area contributed by atoms with E-state index < -0.39 is 18.2 Å². The van der Waals surface area contributed by atoms with Crippen molar-refractivity contribution in [2.24, 2.45) is 0 Å². The summed E-state index contributed by atoms with van der Waals surface area (Å²) in [6.45, 7) is 3.87. The molecule has 128 valence electrons. The van der Waals surface area contributed by atoms with Gasteiger partial charge in [-0.15, -0.1) is 0 Å². The van der Waals surface area contributed by atoms with Gasteiger partial charge in [-0.2, -0.15) is 13.2 Å². The number of anilines is 1. The molecule has 1 atom stereocenters. The third-order valence-corrected chi connectivity index (χ3v) is 3.94. The number of urea groups is 1. The Morgan fingerprint density at radius 1 is 1.30 bits per heavy atom. The first-order valence-corrected chi connectivity index (χ1v) is 7.52. The molecule has 1 aliphatic heterocycles. The lowest BCUT2D eigenvalue weighted by Crippen LogP contribution is -2.49. The van der Waals surface area contributed by atoms with E-state index in [1.54, 1.807) is 18.7 Å². The second kappa shape index (κ2) is 6.39. The summed E-state index contributed by atoms with van der Waals surface area (Å²) in [4.78, 5) is 13.9. The number of likely N-dealkylation sites (tertiary alicyclic amines) is 1. The molecule has 1 aliphatic rings. The average Bonchev–Trinajstić information content (AvgIpc) is 2.88. The van der Waals surface area contributed by atoms with Gasteiger partial charge in [0.15, 0.2) is 0 Å². The summed E-state index contributed by atoms with van der Waals surface area (Å²) >= 11 is 0. The zero-order valence-electron chi connectivity index (χ0n) is 13.2. The van der Waals surface area contributed by atoms with Crippen LogP contribution < -0.4 is 5.32 Å². The zero-order valence-corrected chi connectivity index (χ0v) is 13.2. The Hall–Kier alpha value is -1.76. The number of benzene rings is 1. The molecule has 1 fully saturated rings. The lowest BCUT2D eigenvalue weighted by molar-refractivity contribution is -0.127. The van der Waals surface area contributed by atoms with E-state index in [2.05, 4.69) is 5.32 Å². The molecule has 1 heterocycles. The number of carbonyl (C=O) groups excluding carboxylic acids is 1. The lowest BCUT2D eigenvalue weighted by Gasteiger charge is -2.33. The summed E-state index contributed by atoms with van der Waals surface area (Å²) in [6.07, 6.45) is -3.71. The van der Waals surface area contributed by atoms with Gasteiger partial charge in [-0.25, -0.2) is 4.79 Å². The fourth-order valence-electron chi connectivity index (χ4n) is 2.88. The van der Waals surface area contributed by atoms with Gasteiger partial charge in [0.2, 0.25) is 0 Å². The number of nitrogens with one attached hydrogen (secondary N) is 1. The van der Waals surface area contributed by atoms with Crippen LogP contribution in [-0.2, 0) is 6.42 Å². The first-order chi connectivity index (χ1) is 10.6. The molecular weight excluding hydrogens is 309 g/mol. The normalized spacial score (nSPS) is 19.0. The summed E-state index contributed by atoms with van der Waals surface area (Å²) in [5.74, 6) is 0. The molecule has 2 amide bonds. The Labute approximate surface area is 133 Å². The minimum atomic E-state index is -4.25. The van der Waals surface area contributed by atoms with Crippen molar-refractivity contribution >= 4 is 11.7 Å². The first-order valence-electron chi connectivity index (χ1n) is 7.52. The van der Waals surface area contributed by atoms with Crippen molar-refractivity contribution < 1.29 is 23.1 Å². The van der Waals surface area contributed by atoms with Crippen molar-refractivity contribution in [3.05, 3.63) is 29.8 Å². The third kappa shape index (κ3) is 4.86. The van der Waals surface area contributed by atoms with Crippen LogP contribution in [0.2, 0.25) is 0 Å². The Morgan fingerprint density at radius 3 is 2.43 bits per heavy atom. The number of rotatable bonds is 3. The number of halogens is 3. The molecule has 1 unspecified atom stereocenters. The van der Waals surface area contributed by atoms with E-state index in [0.717, 1.165) is 12.8 Å². The molecule has 0 radical (unpaired) electrons. The number of amides is 2. The Bertz CT molecular complexity index is 550. The average molecular weight is 330 g/mol. The fourth-order valence-corrected chi connectivity index (χ4v) is 2.88. The van der Waals surface area contributed by atoms with Gasteiger partial charge in [0.25, 0.3) is 0 Å². The fraction of sp³-hybridized carbons (Fsp3) is 0.562. The Morgan fingerprint density at radius 2 is 1.91 bits per heavy atom. The second-order valence-corrected chi connectivity index (χ2v) is 6.42. The van der Waals surface area contributed by atoms with Crippen LogP contribution in [0.15, 0.2) is 24.3 Å². The molecule has 7 heteroatoms. The molecule has 0 aliphatic carbocycles. The highest BCUT2D eigenvalue weighted by molar-refractivity contribution is 5.89. The van der Waals surface area contributed by atoms with E-state index in [1.165, 1.54) is 24.3 Å². The molecule has 23 heavy (non-hydrogen) atoms. The van der Waals surface area contributed by atoms with Crippen molar-refractivity contribution in [3.8, 4) is 0 Å². The van der Waals surface area contributed by atoms with Crippen LogP contribution >= 0.6 is 0 Å². The number of alkyl halides is 3. The van der Waals surface area contributed by atoms with Crippen LogP contribution in [-0.4, -0.2) is 40.4 Å². The van der Waals surface area contributed by atoms with Gasteiger partial charge in [0, 0.05) is 12.2 Å². The summed E-state index contributed by atoms with van der Waals surface area (Å²) in [5, 5.41) is 12.8. The molecule has 2 N–H and O–H groups in total. The summed E-state index contributed by atoms with van der Waals surface area (Å²) < 4.78 is 36.9. The Kier molecular flexibility index (Phi) is 4.89. The van der Waals surface area contributed by atoms with Crippen molar-refractivity contribution in [2.75, 3.05) is 11.9 Å². The summed E-state index contributed by atoms with van der Waals surface area (Å²) in [5.41, 5.74) is -0.418. The maximum atomic E-state index is 12.3. The number of hydrogen-bond acceptors (Lipinski definition) is 2. The number of hydrogen-bond donors (Lipinski definition) is 2. The molecule has 2 rings (SSSR count). The predicted octanol–water partition coefficient (Wildman–Crippen LogP) is 3.56. The highest BCUT2D eigenvalue weighted by Gasteiger charge is 2.38. The van der Waals surface area contributed by atoms with Crippen molar-refractivity contribution in [1.29, 1.82) is 0 Å². The van der Waals surface area contributed by atoms with Gasteiger partial charge in [-0.3, -0.25) is 0 Å². The van der Waals surface area contributed by atoms with Crippen molar-refractivity contribution in [3.63, 3.8) is 0 Å². The minimum Gasteiger partial charge on any atom is -0.388 e. The largest absolute Gasteiger partial charge is 0.393 e. The maximum Gasteiger partial charge on any atom is 0.393 e. The summed E-state index contributed by atoms with van der Waals surface area (Å²) in [6, 6.07) is 4.98. The quantitative estimate of drug-likeness (QED) is 0.890. The van der Waals surface area contributed by atoms with Crippen LogP contribution in [0, 0.1) is 0 Å². The predicted molar refractivity (Wildman–Crippen MR) is 81.2 cm³/mol. The molecule has 0 spiro atoms. The van der Waals surface area contributed by atoms with Crippen LogP contribution in [0.3, 0.4) is 0 Å². The Balaban J connectivity index is 2.00. The topological polar surface area (TPSA) is 52.6 Å². The van der Waals surface area contributed by atoms with Crippen LogP contribution in [0.25, 0.3) is 0 Å². The van der Waals surface area contributed by atoms with Crippen LogP contribution in [0.4, 0.5) is 23.7 Å². The minimum absolute atomic E-state index is 0.144. The molecule has 4 nitrogen and oxygen atoms in total. The van der Waals surface area contributed by atoms with Crippen molar-refractivity contribution in [1.82, 2.24) is 4.90 Å². The highest BCUT2D eigenvalue weighted by atomic mass is 19.4. The van der Waals surface area contributed by atoms with E-state index in [1.807, 2.05) is 0 Å². The molecular formula is C16H21F3N2O2. The van der Waals surface area contributed by atoms with Gasteiger partial charge in [0.1, 0.15) is 0 Å². The standard InChI is InChI=1S/C16H21F3N2O2/c1-15(2,23)13-4-3-9-21(13)14(22)20-12-7-5-11(6-8-12)10-16(17,18)19/h5-8,13,23H,3-4,9-10H2,1-2H3,(H,20,22). The van der Waals surface area contributed by atoms with Crippen LogP contribution in [0.1, 0.15) is 32.3 Å². The van der Waals surface area contributed by atoms with Gasteiger partial charge < -0.3 is 15.3 Å². The van der Waals surface area contributed by atoms with E-state index in [0.29, 0.717) is 12.2 Å². The number of carbonyl (C=O) groups is 1. The maximum absolute atomic E-state index is 12.3. The molecule has 1 aromatic rings. The third-order valence-electron chi connectivity index (χ3n) is 3.94. The SMILES string of the molecule is CC(C)(O)C1CCCN1C(=O)Nc1ccc(CC(F)(F)F)cc1. The number of aliphatic hydroxyl groups is 1. The van der Waals surface area contributed by atoms with Crippen LogP contribution in [0.5, 0.6) is 0 Å². The van der Waals surface area contributed by atoms with Gasteiger partial charge in [0.05, 0.1) is 18.1 Å². The molecule has 0 aromatic heterocycles. The number of nitrogens with zero attached hydrogens (tertiary/aromatic N) is 1. The second-order valence-electron chi connectivity index (χ2n) is 6.42.